The first-order chi connectivity index (χ1) is 10.0. The Morgan fingerprint density at radius 1 is 1.38 bits per heavy atom. The summed E-state index contributed by atoms with van der Waals surface area (Å²) in [6.45, 7) is 6.52. The minimum Gasteiger partial charge on any atom is -0.425 e. The number of hydrogen-bond acceptors (Lipinski definition) is 3. The maximum absolute atomic E-state index is 12.3. The van der Waals surface area contributed by atoms with Crippen LogP contribution in [0.3, 0.4) is 0 Å². The van der Waals surface area contributed by atoms with Crippen LogP contribution in [0.5, 0.6) is 5.75 Å². The van der Waals surface area contributed by atoms with Gasteiger partial charge in [0.15, 0.2) is 0 Å². The number of para-hydroxylation sites is 1. The van der Waals surface area contributed by atoms with E-state index in [-0.39, 0.29) is 17.8 Å². The van der Waals surface area contributed by atoms with Crippen molar-refractivity contribution in [2.45, 2.75) is 19.8 Å². The summed E-state index contributed by atoms with van der Waals surface area (Å²) in [4.78, 5) is 25.5. The molecule has 1 saturated heterocycles. The number of carbonyl (C=O) groups is 2. The zero-order valence-electron chi connectivity index (χ0n) is 12.0. The number of piperidine rings is 1. The molecule has 1 aromatic carbocycles. The lowest BCUT2D eigenvalue weighted by Crippen LogP contribution is -2.40. The van der Waals surface area contributed by atoms with Crippen molar-refractivity contribution in [3.05, 3.63) is 40.9 Å². The van der Waals surface area contributed by atoms with Gasteiger partial charge in [0.2, 0.25) is 5.91 Å². The van der Waals surface area contributed by atoms with Crippen molar-refractivity contribution in [1.82, 2.24) is 4.90 Å². The van der Waals surface area contributed by atoms with E-state index in [0.717, 1.165) is 10.0 Å². The number of rotatable bonds is 3. The fourth-order valence-electron chi connectivity index (χ4n) is 2.39. The number of ether oxygens (including phenoxy) is 1. The van der Waals surface area contributed by atoms with Crippen molar-refractivity contribution in [2.24, 2.45) is 5.92 Å². The second kappa shape index (κ2) is 6.89. The third kappa shape index (κ3) is 3.73. The Kier molecular flexibility index (Phi) is 5.17. The van der Waals surface area contributed by atoms with Crippen LogP contribution in [0.25, 0.3) is 0 Å². The number of hydrogen-bond donors (Lipinski definition) is 0. The van der Waals surface area contributed by atoms with Crippen LogP contribution < -0.4 is 4.74 Å². The molecule has 1 aromatic rings. The van der Waals surface area contributed by atoms with Crippen LogP contribution in [0, 0.1) is 12.8 Å². The Morgan fingerprint density at radius 2 is 2.05 bits per heavy atom. The Balaban J connectivity index is 1.97. The van der Waals surface area contributed by atoms with E-state index in [2.05, 4.69) is 22.5 Å². The average Bonchev–Trinajstić information content (AvgIpc) is 2.50. The van der Waals surface area contributed by atoms with Crippen molar-refractivity contribution in [3.63, 3.8) is 0 Å². The van der Waals surface area contributed by atoms with Crippen molar-refractivity contribution < 1.29 is 14.3 Å². The van der Waals surface area contributed by atoms with E-state index in [1.54, 1.807) is 4.90 Å². The number of esters is 1. The van der Waals surface area contributed by atoms with Gasteiger partial charge in [0, 0.05) is 13.1 Å². The van der Waals surface area contributed by atoms with Crippen LogP contribution in [-0.2, 0) is 9.59 Å². The summed E-state index contributed by atoms with van der Waals surface area (Å²) in [6.07, 6.45) is 2.56. The molecule has 0 unspecified atom stereocenters. The first-order valence-corrected chi connectivity index (χ1v) is 7.70. The first kappa shape index (κ1) is 15.8. The molecule has 1 aliphatic heterocycles. The second-order valence-corrected chi connectivity index (χ2v) is 5.96. The molecule has 1 aliphatic rings. The van der Waals surface area contributed by atoms with Crippen LogP contribution in [-0.4, -0.2) is 29.9 Å². The predicted molar refractivity (Wildman–Crippen MR) is 84.0 cm³/mol. The van der Waals surface area contributed by atoms with Gasteiger partial charge in [0.25, 0.3) is 0 Å². The van der Waals surface area contributed by atoms with E-state index in [4.69, 9.17) is 4.74 Å². The Morgan fingerprint density at radius 3 is 2.62 bits per heavy atom. The molecular weight excluding hydrogens is 334 g/mol. The van der Waals surface area contributed by atoms with Gasteiger partial charge in [0.05, 0.1) is 10.4 Å². The summed E-state index contributed by atoms with van der Waals surface area (Å²) in [7, 11) is 0. The van der Waals surface area contributed by atoms with Gasteiger partial charge in [-0.2, -0.15) is 0 Å². The van der Waals surface area contributed by atoms with Gasteiger partial charge in [-0.15, -0.1) is 0 Å². The molecule has 4 nitrogen and oxygen atoms in total. The average molecular weight is 352 g/mol. The lowest BCUT2D eigenvalue weighted by Gasteiger charge is -2.30. The lowest BCUT2D eigenvalue weighted by atomic mass is 9.97. The third-order valence-electron chi connectivity index (χ3n) is 3.68. The van der Waals surface area contributed by atoms with Crippen LogP contribution in [0.1, 0.15) is 18.4 Å². The van der Waals surface area contributed by atoms with Crippen LogP contribution >= 0.6 is 15.9 Å². The van der Waals surface area contributed by atoms with Gasteiger partial charge < -0.3 is 9.64 Å². The van der Waals surface area contributed by atoms with Crippen molar-refractivity contribution in [3.8, 4) is 5.75 Å². The first-order valence-electron chi connectivity index (χ1n) is 6.91. The number of nitrogens with zero attached hydrogens (tertiary/aromatic N) is 1. The normalized spacial score (nSPS) is 15.6. The maximum atomic E-state index is 12.3. The zero-order chi connectivity index (χ0) is 15.4. The zero-order valence-corrected chi connectivity index (χ0v) is 13.6. The number of aryl methyl sites for hydroxylation is 1. The molecule has 0 radical (unpaired) electrons. The maximum Gasteiger partial charge on any atom is 0.314 e. The molecule has 0 saturated carbocycles. The third-order valence-corrected chi connectivity index (χ3v) is 4.31. The van der Waals surface area contributed by atoms with Gasteiger partial charge in [0.1, 0.15) is 5.75 Å². The Bertz CT molecular complexity index is 542. The quantitative estimate of drug-likeness (QED) is 0.477. The number of amides is 1. The number of likely N-dealkylation sites (tertiary alicyclic amines) is 1. The molecule has 0 atom stereocenters. The van der Waals surface area contributed by atoms with Crippen LogP contribution in [0.4, 0.5) is 0 Å². The summed E-state index contributed by atoms with van der Waals surface area (Å²) in [5.74, 6) is 0.108. The predicted octanol–water partition coefficient (Wildman–Crippen LogP) is 3.09. The number of halogens is 1. The molecule has 1 heterocycles. The Hall–Kier alpha value is -1.62. The lowest BCUT2D eigenvalue weighted by molar-refractivity contribution is -0.142. The fourth-order valence-corrected chi connectivity index (χ4v) is 2.94. The van der Waals surface area contributed by atoms with E-state index >= 15 is 0 Å². The van der Waals surface area contributed by atoms with E-state index in [9.17, 15) is 9.59 Å². The van der Waals surface area contributed by atoms with E-state index in [1.165, 1.54) is 6.08 Å². The van der Waals surface area contributed by atoms with Crippen molar-refractivity contribution >= 4 is 27.8 Å². The van der Waals surface area contributed by atoms with Crippen molar-refractivity contribution in [2.75, 3.05) is 13.1 Å². The minimum atomic E-state index is -0.226. The summed E-state index contributed by atoms with van der Waals surface area (Å²) in [6, 6.07) is 5.65. The van der Waals surface area contributed by atoms with E-state index in [0.29, 0.717) is 31.7 Å². The van der Waals surface area contributed by atoms with Gasteiger partial charge in [-0.25, -0.2) is 0 Å². The number of benzene rings is 1. The minimum absolute atomic E-state index is 0.0801. The molecular formula is C16H18BrNO3. The molecule has 0 spiro atoms. The molecule has 21 heavy (non-hydrogen) atoms. The van der Waals surface area contributed by atoms with Crippen LogP contribution in [0.2, 0.25) is 0 Å². The summed E-state index contributed by atoms with van der Waals surface area (Å²) in [5.41, 5.74) is 0.914. The highest BCUT2D eigenvalue weighted by molar-refractivity contribution is 9.10. The van der Waals surface area contributed by atoms with E-state index < -0.39 is 0 Å². The molecule has 5 heteroatoms. The van der Waals surface area contributed by atoms with Gasteiger partial charge in [-0.05, 0) is 53.4 Å². The van der Waals surface area contributed by atoms with Crippen molar-refractivity contribution in [1.29, 1.82) is 0 Å². The number of carbonyl (C=O) groups excluding carboxylic acids is 2. The molecule has 0 bridgehead atoms. The Labute approximate surface area is 132 Å². The molecule has 2 rings (SSSR count). The second-order valence-electron chi connectivity index (χ2n) is 5.11. The molecule has 0 aliphatic carbocycles. The molecule has 0 aromatic heterocycles. The molecule has 1 amide bonds. The standard InChI is InChI=1S/C16H18BrNO3/c1-3-14(19)18-9-7-12(8-10-18)16(20)21-15-11(2)5-4-6-13(15)17/h3-6,12H,1,7-10H2,2H3. The highest BCUT2D eigenvalue weighted by Crippen LogP contribution is 2.30. The fraction of sp³-hybridized carbons (Fsp3) is 0.375. The molecule has 112 valence electrons. The smallest absolute Gasteiger partial charge is 0.314 e. The highest BCUT2D eigenvalue weighted by atomic mass is 79.9. The topological polar surface area (TPSA) is 46.6 Å². The SMILES string of the molecule is C=CC(=O)N1CCC(C(=O)Oc2c(C)cccc2Br)CC1. The summed E-state index contributed by atoms with van der Waals surface area (Å²) >= 11 is 3.40. The van der Waals surface area contributed by atoms with Gasteiger partial charge in [-0.1, -0.05) is 18.7 Å². The van der Waals surface area contributed by atoms with Crippen LogP contribution in [0.15, 0.2) is 35.3 Å². The summed E-state index contributed by atoms with van der Waals surface area (Å²) in [5, 5.41) is 0. The van der Waals surface area contributed by atoms with Gasteiger partial charge >= 0.3 is 5.97 Å². The molecule has 0 N–H and O–H groups in total. The highest BCUT2D eigenvalue weighted by Gasteiger charge is 2.28. The monoisotopic (exact) mass is 351 g/mol. The summed E-state index contributed by atoms with van der Waals surface area (Å²) < 4.78 is 6.30. The van der Waals surface area contributed by atoms with E-state index in [1.807, 2.05) is 25.1 Å². The largest absolute Gasteiger partial charge is 0.425 e. The molecule has 1 fully saturated rings. The van der Waals surface area contributed by atoms with Gasteiger partial charge in [-0.3, -0.25) is 9.59 Å².